The third-order valence-corrected chi connectivity index (χ3v) is 4.17. The van der Waals surface area contributed by atoms with Crippen molar-refractivity contribution in [1.29, 1.82) is 0 Å². The molecule has 1 aliphatic heterocycles. The van der Waals surface area contributed by atoms with Crippen molar-refractivity contribution in [2.45, 2.75) is 60.4 Å². The minimum Gasteiger partial charge on any atom is -0.339 e. The lowest BCUT2D eigenvalue weighted by Crippen LogP contribution is -2.43. The SMILES string of the molecule is CCC(C(=O)N1CC(C)C[C@H]1C(C)C)C(C)C. The van der Waals surface area contributed by atoms with Crippen LogP contribution in [0, 0.1) is 23.7 Å². The van der Waals surface area contributed by atoms with E-state index in [-0.39, 0.29) is 5.92 Å². The van der Waals surface area contributed by atoms with Crippen molar-refractivity contribution in [3.63, 3.8) is 0 Å². The van der Waals surface area contributed by atoms with Gasteiger partial charge in [0.15, 0.2) is 0 Å². The average molecular weight is 239 g/mol. The van der Waals surface area contributed by atoms with Crippen LogP contribution in [0.4, 0.5) is 0 Å². The van der Waals surface area contributed by atoms with Gasteiger partial charge in [0.25, 0.3) is 0 Å². The highest BCUT2D eigenvalue weighted by Gasteiger charge is 2.37. The molecular weight excluding hydrogens is 210 g/mol. The van der Waals surface area contributed by atoms with Crippen LogP contribution in [0.5, 0.6) is 0 Å². The Labute approximate surface area is 107 Å². The number of rotatable bonds is 4. The van der Waals surface area contributed by atoms with Gasteiger partial charge in [0, 0.05) is 18.5 Å². The predicted molar refractivity (Wildman–Crippen MR) is 72.7 cm³/mol. The topological polar surface area (TPSA) is 20.3 Å². The van der Waals surface area contributed by atoms with E-state index in [1.807, 2.05) is 0 Å². The Hall–Kier alpha value is -0.530. The molecule has 1 saturated heterocycles. The zero-order valence-electron chi connectivity index (χ0n) is 12.4. The Morgan fingerprint density at radius 3 is 2.29 bits per heavy atom. The molecule has 1 rings (SSSR count). The van der Waals surface area contributed by atoms with E-state index in [9.17, 15) is 4.79 Å². The van der Waals surface area contributed by atoms with Crippen LogP contribution >= 0.6 is 0 Å². The summed E-state index contributed by atoms with van der Waals surface area (Å²) in [5.41, 5.74) is 0. The number of likely N-dealkylation sites (tertiary alicyclic amines) is 1. The van der Waals surface area contributed by atoms with Crippen molar-refractivity contribution in [1.82, 2.24) is 4.90 Å². The summed E-state index contributed by atoms with van der Waals surface area (Å²) in [6, 6.07) is 0.463. The first-order chi connectivity index (χ1) is 7.88. The van der Waals surface area contributed by atoms with Crippen molar-refractivity contribution in [2.24, 2.45) is 23.7 Å². The molecule has 0 aromatic heterocycles. The van der Waals surface area contributed by atoms with Gasteiger partial charge in [-0.2, -0.15) is 0 Å². The lowest BCUT2D eigenvalue weighted by molar-refractivity contribution is -0.138. The molecule has 0 aliphatic carbocycles. The van der Waals surface area contributed by atoms with E-state index in [1.165, 1.54) is 6.42 Å². The number of hydrogen-bond donors (Lipinski definition) is 0. The van der Waals surface area contributed by atoms with Crippen molar-refractivity contribution < 1.29 is 4.79 Å². The Balaban J connectivity index is 2.79. The first-order valence-electron chi connectivity index (χ1n) is 7.18. The fourth-order valence-electron chi connectivity index (χ4n) is 3.11. The van der Waals surface area contributed by atoms with Gasteiger partial charge in [-0.25, -0.2) is 0 Å². The number of hydrogen-bond acceptors (Lipinski definition) is 1. The van der Waals surface area contributed by atoms with Crippen LogP contribution in [0.25, 0.3) is 0 Å². The summed E-state index contributed by atoms with van der Waals surface area (Å²) in [7, 11) is 0. The van der Waals surface area contributed by atoms with Crippen LogP contribution in [0.15, 0.2) is 0 Å². The van der Waals surface area contributed by atoms with Gasteiger partial charge in [0.05, 0.1) is 0 Å². The van der Waals surface area contributed by atoms with E-state index in [0.29, 0.717) is 29.7 Å². The van der Waals surface area contributed by atoms with Gasteiger partial charge >= 0.3 is 0 Å². The van der Waals surface area contributed by atoms with E-state index < -0.39 is 0 Å². The van der Waals surface area contributed by atoms with Crippen LogP contribution < -0.4 is 0 Å². The summed E-state index contributed by atoms with van der Waals surface area (Å²) in [4.78, 5) is 14.8. The van der Waals surface area contributed by atoms with Crippen molar-refractivity contribution in [3.8, 4) is 0 Å². The fraction of sp³-hybridized carbons (Fsp3) is 0.933. The molecule has 0 saturated carbocycles. The molecule has 1 aliphatic rings. The van der Waals surface area contributed by atoms with E-state index in [1.54, 1.807) is 0 Å². The minimum absolute atomic E-state index is 0.210. The van der Waals surface area contributed by atoms with Gasteiger partial charge in [0.1, 0.15) is 0 Å². The number of carbonyl (C=O) groups excluding carboxylic acids is 1. The van der Waals surface area contributed by atoms with E-state index in [0.717, 1.165) is 13.0 Å². The molecule has 1 fully saturated rings. The summed E-state index contributed by atoms with van der Waals surface area (Å²) in [5, 5.41) is 0. The van der Waals surface area contributed by atoms with Gasteiger partial charge < -0.3 is 4.90 Å². The quantitative estimate of drug-likeness (QED) is 0.734. The Bertz CT molecular complexity index is 260. The molecule has 2 nitrogen and oxygen atoms in total. The summed E-state index contributed by atoms with van der Waals surface area (Å²) < 4.78 is 0. The van der Waals surface area contributed by atoms with E-state index in [4.69, 9.17) is 0 Å². The molecule has 0 aromatic rings. The van der Waals surface area contributed by atoms with Gasteiger partial charge in [-0.3, -0.25) is 4.79 Å². The summed E-state index contributed by atoms with van der Waals surface area (Å²) in [6.07, 6.45) is 2.14. The smallest absolute Gasteiger partial charge is 0.226 e. The summed E-state index contributed by atoms with van der Waals surface area (Å²) in [6.45, 7) is 14.2. The van der Waals surface area contributed by atoms with Crippen molar-refractivity contribution in [2.75, 3.05) is 6.54 Å². The molecule has 0 N–H and O–H groups in total. The summed E-state index contributed by atoms with van der Waals surface area (Å²) in [5.74, 6) is 2.30. The maximum atomic E-state index is 12.6. The maximum Gasteiger partial charge on any atom is 0.226 e. The lowest BCUT2D eigenvalue weighted by Gasteiger charge is -2.32. The van der Waals surface area contributed by atoms with Gasteiger partial charge in [-0.1, -0.05) is 41.5 Å². The van der Waals surface area contributed by atoms with E-state index >= 15 is 0 Å². The van der Waals surface area contributed by atoms with Crippen LogP contribution in [0.3, 0.4) is 0 Å². The van der Waals surface area contributed by atoms with Gasteiger partial charge in [-0.15, -0.1) is 0 Å². The lowest BCUT2D eigenvalue weighted by atomic mass is 9.91. The molecule has 0 radical (unpaired) electrons. The predicted octanol–water partition coefficient (Wildman–Crippen LogP) is 3.56. The van der Waals surface area contributed by atoms with Crippen molar-refractivity contribution >= 4 is 5.91 Å². The highest BCUT2D eigenvalue weighted by atomic mass is 16.2. The summed E-state index contributed by atoms with van der Waals surface area (Å²) >= 11 is 0. The van der Waals surface area contributed by atoms with Crippen LogP contribution in [0.2, 0.25) is 0 Å². The highest BCUT2D eigenvalue weighted by molar-refractivity contribution is 5.79. The first kappa shape index (κ1) is 14.5. The van der Waals surface area contributed by atoms with Gasteiger partial charge in [0.2, 0.25) is 5.91 Å². The minimum atomic E-state index is 0.210. The van der Waals surface area contributed by atoms with Gasteiger partial charge in [-0.05, 0) is 30.6 Å². The fourth-order valence-corrected chi connectivity index (χ4v) is 3.11. The first-order valence-corrected chi connectivity index (χ1v) is 7.18. The Kier molecular flexibility index (Phi) is 5.03. The van der Waals surface area contributed by atoms with Crippen LogP contribution in [0.1, 0.15) is 54.4 Å². The third-order valence-electron chi connectivity index (χ3n) is 4.17. The zero-order valence-corrected chi connectivity index (χ0v) is 12.4. The largest absolute Gasteiger partial charge is 0.339 e. The molecule has 2 heteroatoms. The zero-order chi connectivity index (χ0) is 13.2. The Morgan fingerprint density at radius 1 is 1.29 bits per heavy atom. The van der Waals surface area contributed by atoms with E-state index in [2.05, 4.69) is 46.4 Å². The number of nitrogens with zero attached hydrogens (tertiary/aromatic N) is 1. The molecule has 17 heavy (non-hydrogen) atoms. The second-order valence-electron chi connectivity index (χ2n) is 6.40. The van der Waals surface area contributed by atoms with Crippen LogP contribution in [-0.2, 0) is 4.79 Å². The highest BCUT2D eigenvalue weighted by Crippen LogP contribution is 2.31. The molecular formula is C15H29NO. The third kappa shape index (κ3) is 3.23. The molecule has 0 aromatic carbocycles. The molecule has 2 unspecified atom stereocenters. The normalized spacial score (nSPS) is 26.9. The standard InChI is InChI=1S/C15H29NO/c1-7-13(10(2)3)15(17)16-9-12(6)8-14(16)11(4)5/h10-14H,7-9H2,1-6H3/t12?,13?,14-/m0/s1. The molecule has 1 amide bonds. The molecule has 3 atom stereocenters. The number of amides is 1. The molecule has 100 valence electrons. The molecule has 0 spiro atoms. The second-order valence-corrected chi connectivity index (χ2v) is 6.40. The van der Waals surface area contributed by atoms with Crippen LogP contribution in [-0.4, -0.2) is 23.4 Å². The molecule has 1 heterocycles. The maximum absolute atomic E-state index is 12.6. The van der Waals surface area contributed by atoms with Crippen molar-refractivity contribution in [3.05, 3.63) is 0 Å². The second kappa shape index (κ2) is 5.88. The average Bonchev–Trinajstić information content (AvgIpc) is 2.60. The number of carbonyl (C=O) groups is 1. The molecule has 0 bridgehead atoms. The Morgan fingerprint density at radius 2 is 1.88 bits per heavy atom. The monoisotopic (exact) mass is 239 g/mol.